The van der Waals surface area contributed by atoms with Crippen LogP contribution >= 0.6 is 11.3 Å². The first-order chi connectivity index (χ1) is 15.5. The second kappa shape index (κ2) is 9.98. The van der Waals surface area contributed by atoms with Gasteiger partial charge in [-0.15, -0.1) is 11.3 Å². The number of sulfonamides is 1. The summed E-state index contributed by atoms with van der Waals surface area (Å²) in [5.41, 5.74) is 0.475. The second-order valence-corrected chi connectivity index (χ2v) is 10.3. The largest absolute Gasteiger partial charge is 0.462 e. The minimum absolute atomic E-state index is 0.175. The van der Waals surface area contributed by atoms with Crippen molar-refractivity contribution in [2.75, 3.05) is 18.5 Å². The van der Waals surface area contributed by atoms with E-state index in [9.17, 15) is 27.2 Å². The molecule has 0 bridgehead atoms. The van der Waals surface area contributed by atoms with Gasteiger partial charge < -0.3 is 14.8 Å². The molecule has 3 N–H and O–H groups in total. The van der Waals surface area contributed by atoms with E-state index in [0.29, 0.717) is 22.9 Å². The van der Waals surface area contributed by atoms with Gasteiger partial charge in [0.1, 0.15) is 10.8 Å². The summed E-state index contributed by atoms with van der Waals surface area (Å²) in [5.74, 6) is -3.11. The zero-order valence-electron chi connectivity index (χ0n) is 18.0. The van der Waals surface area contributed by atoms with Gasteiger partial charge in [-0.2, -0.15) is 0 Å². The van der Waals surface area contributed by atoms with Gasteiger partial charge in [0.2, 0.25) is 10.0 Å². The third-order valence-electron chi connectivity index (χ3n) is 5.06. The highest BCUT2D eigenvalue weighted by molar-refractivity contribution is 7.89. The third kappa shape index (κ3) is 5.75. The summed E-state index contributed by atoms with van der Waals surface area (Å²) >= 11 is 1.27. The van der Waals surface area contributed by atoms with Crippen LogP contribution in [0.3, 0.4) is 0 Å². The Morgan fingerprint density at radius 3 is 2.64 bits per heavy atom. The van der Waals surface area contributed by atoms with Gasteiger partial charge in [0, 0.05) is 4.88 Å². The van der Waals surface area contributed by atoms with Gasteiger partial charge >= 0.3 is 11.9 Å². The molecule has 1 aromatic carbocycles. The van der Waals surface area contributed by atoms with E-state index in [2.05, 4.69) is 12.2 Å². The van der Waals surface area contributed by atoms with Crippen LogP contribution in [0.25, 0.3) is 0 Å². The van der Waals surface area contributed by atoms with Gasteiger partial charge in [-0.25, -0.2) is 27.5 Å². The quantitative estimate of drug-likeness (QED) is 0.559. The fraction of sp³-hybridized carbons (Fsp3) is 0.381. The number of rotatable bonds is 7. The maximum Gasteiger partial charge on any atom is 0.341 e. The first-order valence-corrected chi connectivity index (χ1v) is 12.5. The van der Waals surface area contributed by atoms with Gasteiger partial charge in [0.05, 0.1) is 22.6 Å². The lowest BCUT2D eigenvalue weighted by Crippen LogP contribution is -2.22. The first kappa shape index (κ1) is 24.8. The Balaban J connectivity index is 1.74. The van der Waals surface area contributed by atoms with E-state index in [1.165, 1.54) is 11.3 Å². The fourth-order valence-electron chi connectivity index (χ4n) is 3.47. The summed E-state index contributed by atoms with van der Waals surface area (Å²) in [7, 11) is -4.17. The predicted octanol–water partition coefficient (Wildman–Crippen LogP) is 2.63. The number of nitrogens with two attached hydrogens (primary N) is 1. The van der Waals surface area contributed by atoms with Crippen molar-refractivity contribution in [2.45, 2.75) is 38.0 Å². The Hall–Kier alpha value is -2.83. The molecule has 12 heteroatoms. The topological polar surface area (TPSA) is 142 Å². The van der Waals surface area contributed by atoms with Crippen LogP contribution in [-0.4, -0.2) is 39.5 Å². The predicted molar refractivity (Wildman–Crippen MR) is 118 cm³/mol. The number of thiophene rings is 1. The Kier molecular flexibility index (Phi) is 7.50. The fourth-order valence-corrected chi connectivity index (χ4v) is 5.42. The third-order valence-corrected chi connectivity index (χ3v) is 7.15. The SMILES string of the molecule is CCOC(=O)c1c(NC(=O)COC(=O)c2cc(S(N)(=O)=O)ccc2F)sc2c1CCC(C)C2. The molecule has 0 spiro atoms. The number of ether oxygens (including phenoxy) is 2. The molecule has 1 atom stereocenters. The van der Waals surface area contributed by atoms with E-state index in [-0.39, 0.29) is 6.61 Å². The van der Waals surface area contributed by atoms with Crippen molar-refractivity contribution in [1.82, 2.24) is 0 Å². The number of primary sulfonamides is 1. The van der Waals surface area contributed by atoms with Crippen molar-refractivity contribution in [3.8, 4) is 0 Å². The molecule has 0 saturated carbocycles. The summed E-state index contributed by atoms with van der Waals surface area (Å²) in [5, 5.41) is 7.86. The molecule has 1 aliphatic rings. The molecule has 0 radical (unpaired) electrons. The number of nitrogens with one attached hydrogen (secondary N) is 1. The number of carbonyl (C=O) groups excluding carboxylic acids is 3. The molecule has 1 amide bonds. The van der Waals surface area contributed by atoms with Gasteiger partial charge in [0.25, 0.3) is 5.91 Å². The number of hydrogen-bond acceptors (Lipinski definition) is 8. The zero-order valence-corrected chi connectivity index (χ0v) is 19.6. The summed E-state index contributed by atoms with van der Waals surface area (Å²) in [6.07, 6.45) is 2.37. The Labute approximate surface area is 194 Å². The van der Waals surface area contributed by atoms with Crippen LogP contribution in [-0.2, 0) is 37.1 Å². The zero-order chi connectivity index (χ0) is 24.3. The molecule has 9 nitrogen and oxygen atoms in total. The van der Waals surface area contributed by atoms with E-state index in [0.717, 1.165) is 41.5 Å². The second-order valence-electron chi connectivity index (χ2n) is 7.59. The van der Waals surface area contributed by atoms with Crippen molar-refractivity contribution in [3.05, 3.63) is 45.6 Å². The number of anilines is 1. The molecule has 1 aliphatic carbocycles. The average molecular weight is 499 g/mol. The molecule has 0 fully saturated rings. The summed E-state index contributed by atoms with van der Waals surface area (Å²) in [4.78, 5) is 37.7. The lowest BCUT2D eigenvalue weighted by atomic mass is 9.88. The number of esters is 2. The van der Waals surface area contributed by atoms with Crippen molar-refractivity contribution >= 4 is 44.2 Å². The van der Waals surface area contributed by atoms with Gasteiger partial charge in [-0.1, -0.05) is 6.92 Å². The lowest BCUT2D eigenvalue weighted by molar-refractivity contribution is -0.119. The molecule has 2 aromatic rings. The number of benzene rings is 1. The summed E-state index contributed by atoms with van der Waals surface area (Å²) in [6.45, 7) is 3.18. The molecule has 178 valence electrons. The Bertz CT molecular complexity index is 1210. The number of hydrogen-bond donors (Lipinski definition) is 2. The average Bonchev–Trinajstić information content (AvgIpc) is 3.08. The molecule has 1 heterocycles. The van der Waals surface area contributed by atoms with Gasteiger partial charge in [-0.3, -0.25) is 4.79 Å². The van der Waals surface area contributed by atoms with Crippen LogP contribution < -0.4 is 10.5 Å². The van der Waals surface area contributed by atoms with Crippen molar-refractivity contribution in [2.24, 2.45) is 11.1 Å². The van der Waals surface area contributed by atoms with E-state index in [4.69, 9.17) is 14.6 Å². The van der Waals surface area contributed by atoms with Gasteiger partial charge in [-0.05, 0) is 55.9 Å². The maximum absolute atomic E-state index is 14.0. The number of amides is 1. The summed E-state index contributed by atoms with van der Waals surface area (Å²) < 4.78 is 46.8. The van der Waals surface area contributed by atoms with Crippen molar-refractivity contribution < 1.29 is 36.7 Å². The van der Waals surface area contributed by atoms with Crippen LogP contribution in [0.5, 0.6) is 0 Å². The summed E-state index contributed by atoms with van der Waals surface area (Å²) in [6, 6.07) is 2.40. The van der Waals surface area contributed by atoms with Crippen LogP contribution in [0, 0.1) is 11.7 Å². The highest BCUT2D eigenvalue weighted by atomic mass is 32.2. The van der Waals surface area contributed by atoms with Crippen LogP contribution in [0.2, 0.25) is 0 Å². The van der Waals surface area contributed by atoms with Crippen LogP contribution in [0.4, 0.5) is 9.39 Å². The van der Waals surface area contributed by atoms with Crippen LogP contribution in [0.15, 0.2) is 23.1 Å². The Morgan fingerprint density at radius 1 is 1.24 bits per heavy atom. The van der Waals surface area contributed by atoms with Gasteiger partial charge in [0.15, 0.2) is 6.61 Å². The molecule has 33 heavy (non-hydrogen) atoms. The van der Waals surface area contributed by atoms with E-state index in [1.54, 1.807) is 6.92 Å². The van der Waals surface area contributed by atoms with E-state index >= 15 is 0 Å². The molecule has 3 rings (SSSR count). The number of halogens is 1. The maximum atomic E-state index is 14.0. The minimum Gasteiger partial charge on any atom is -0.462 e. The monoisotopic (exact) mass is 498 g/mol. The molecule has 1 unspecified atom stereocenters. The molecular weight excluding hydrogens is 475 g/mol. The standard InChI is InChI=1S/C21H23FN2O7S2/c1-3-30-21(27)18-13-6-4-11(2)8-16(13)32-19(18)24-17(25)10-31-20(26)14-9-12(33(23,28)29)5-7-15(14)22/h5,7,9,11H,3-4,6,8,10H2,1-2H3,(H,24,25)(H2,23,28,29). The van der Waals surface area contributed by atoms with E-state index < -0.39 is 50.8 Å². The highest BCUT2D eigenvalue weighted by Gasteiger charge is 2.29. The number of carbonyl (C=O) groups is 3. The van der Waals surface area contributed by atoms with Crippen molar-refractivity contribution in [3.63, 3.8) is 0 Å². The Morgan fingerprint density at radius 2 is 1.97 bits per heavy atom. The number of fused-ring (bicyclic) bond motifs is 1. The van der Waals surface area contributed by atoms with E-state index in [1.807, 2.05) is 0 Å². The highest BCUT2D eigenvalue weighted by Crippen LogP contribution is 2.40. The molecule has 0 aliphatic heterocycles. The normalized spacial score (nSPS) is 15.5. The molecular formula is C21H23FN2O7S2. The van der Waals surface area contributed by atoms with Crippen molar-refractivity contribution in [1.29, 1.82) is 0 Å². The molecule has 1 aromatic heterocycles. The first-order valence-electron chi connectivity index (χ1n) is 10.1. The smallest absolute Gasteiger partial charge is 0.341 e. The lowest BCUT2D eigenvalue weighted by Gasteiger charge is -2.18. The minimum atomic E-state index is -4.17. The van der Waals surface area contributed by atoms with Crippen LogP contribution in [0.1, 0.15) is 51.4 Å². The molecule has 0 saturated heterocycles.